The zero-order chi connectivity index (χ0) is 75.8. The second-order valence-corrected chi connectivity index (χ2v) is 32.6. The standard InChI is InChI=1S/2C13H19FN3O13P3.C11H16FN4O13P3/c2*1-4-13(14)10(18)9(27-11(13)17-6(2)5-8(15)16-12(17)19)7(3)28-32(23,24)30-33(25,26)29-31(20,21)22;1-3-11(12)8(17)7(26-9(11)16-10(18)15-6(13)4-14-16)5(2)27-31(22,23)29-32(24,25)28-30(19,20)21/h2*1,5,7,9-11,18H,2-3H3,(H,23,24)(H,25,26)(H2,15,16,19)(H2,20,21,22);1,4-5,7-9,17H,2H3,(H,22,23)(H,24,25)(H2,13,15,18)(H2,19,20,21)/t7-,9+,10-,11+,13?;7-,9-,10+,11-,13?;5-,7-,8+,9-,11?/m011/s1. The molecule has 6 rings (SSSR count). The molecule has 0 aliphatic carbocycles. The lowest BCUT2D eigenvalue weighted by molar-refractivity contribution is -0.0827. The molecular formula is C37H54F3N10O39P9. The largest absolute Gasteiger partial charge is 0.490 e. The maximum absolute atomic E-state index is 15.5. The molecule has 0 amide bonds. The molecule has 552 valence electrons. The van der Waals surface area contributed by atoms with Gasteiger partial charge in [-0.2, -0.15) is 50.6 Å². The van der Waals surface area contributed by atoms with E-state index < -0.39 is 178 Å². The SMILES string of the molecule is C#CC1(F)[C@@H](O)[C@@H]([C@@H](C)OP(=O)(O)OP(=O)(O)OP(=O)(O)O)O[C@H]1n1c(C)cc(N)nc1=O.C#CC1(F)[C@@H](O)[C@@H]([C@@H](C)OP(=O)(O)OP(=O)(O)OP(=O)(O)O)O[C@H]1n1ncc(N)nc1=O.C#CC1(F)[C@@H](O)[C@@H]([C@H](C)OP(=O)(O)OP(=O)(O)OP(=O)(O)O)O[C@H]1n1c(C)cc(N)nc1=O. The molecule has 21 atom stereocenters. The number of terminal acetylenes is 3. The van der Waals surface area contributed by atoms with E-state index >= 15 is 13.2 Å². The molecule has 21 N–H and O–H groups in total. The Morgan fingerprint density at radius 2 is 0.724 bits per heavy atom. The Labute approximate surface area is 542 Å². The summed E-state index contributed by atoms with van der Waals surface area (Å²) in [7, 11) is -51.3. The number of nitrogens with zero attached hydrogens (tertiary/aromatic N) is 7. The van der Waals surface area contributed by atoms with Gasteiger partial charge in [0.25, 0.3) is 0 Å². The van der Waals surface area contributed by atoms with Crippen molar-refractivity contribution in [3.05, 3.63) is 61.2 Å². The number of anilines is 3. The fourth-order valence-electron chi connectivity index (χ4n) is 8.49. The lowest BCUT2D eigenvalue weighted by Crippen LogP contribution is -2.46. The van der Waals surface area contributed by atoms with Gasteiger partial charge in [0.05, 0.1) is 24.5 Å². The van der Waals surface area contributed by atoms with Crippen molar-refractivity contribution in [2.24, 2.45) is 0 Å². The summed E-state index contributed by atoms with van der Waals surface area (Å²) in [5.74, 6) is 4.16. The Balaban J connectivity index is 0.000000312. The zero-order valence-electron chi connectivity index (χ0n) is 48.9. The molecule has 61 heteroatoms. The number of nitrogens with two attached hydrogens (primary N) is 3. The highest BCUT2D eigenvalue weighted by molar-refractivity contribution is 7.67. The second-order valence-electron chi connectivity index (χ2n) is 19.5. The number of nitrogen functional groups attached to an aromatic ring is 3. The van der Waals surface area contributed by atoms with Crippen LogP contribution in [0.1, 0.15) is 50.8 Å². The molecule has 3 aromatic heterocycles. The normalized spacial score (nSPS) is 30.4. The second kappa shape index (κ2) is 30.8. The minimum absolute atomic E-state index is 0.0307. The van der Waals surface area contributed by atoms with Crippen LogP contribution in [0, 0.1) is 50.9 Å². The number of phosphoric ester groups is 3. The molecule has 0 bridgehead atoms. The van der Waals surface area contributed by atoms with Crippen molar-refractivity contribution >= 4 is 87.9 Å². The number of aromatic nitrogens is 7. The van der Waals surface area contributed by atoms with Crippen LogP contribution in [0.25, 0.3) is 0 Å². The van der Waals surface area contributed by atoms with Crippen LogP contribution in [-0.2, 0) is 94.7 Å². The predicted molar refractivity (Wildman–Crippen MR) is 307 cm³/mol. The summed E-state index contributed by atoms with van der Waals surface area (Å²) < 4.78 is 201. The molecule has 0 spiro atoms. The number of hydrogen-bond acceptors (Lipinski definition) is 34. The smallest absolute Gasteiger partial charge is 0.386 e. The fourth-order valence-corrected chi connectivity index (χ4v) is 18.1. The van der Waals surface area contributed by atoms with Crippen molar-refractivity contribution in [3.63, 3.8) is 0 Å². The Morgan fingerprint density at radius 3 is 0.969 bits per heavy atom. The first-order valence-electron chi connectivity index (χ1n) is 24.9. The Kier molecular flexibility index (Phi) is 27.0. The average Bonchev–Trinajstić information content (AvgIpc) is 1.62. The summed E-state index contributed by atoms with van der Waals surface area (Å²) in [4.78, 5) is 154. The molecule has 49 nitrogen and oxygen atoms in total. The van der Waals surface area contributed by atoms with Crippen molar-refractivity contribution in [3.8, 4) is 37.0 Å². The first-order valence-corrected chi connectivity index (χ1v) is 38.5. The van der Waals surface area contributed by atoms with Crippen molar-refractivity contribution in [1.29, 1.82) is 0 Å². The van der Waals surface area contributed by atoms with E-state index in [4.69, 9.17) is 84.9 Å². The van der Waals surface area contributed by atoms with Crippen molar-refractivity contribution in [2.45, 2.75) is 125 Å². The summed E-state index contributed by atoms with van der Waals surface area (Å²) in [5, 5.41) is 34.6. The van der Waals surface area contributed by atoms with Crippen molar-refractivity contribution < 1.29 is 182 Å². The van der Waals surface area contributed by atoms with Crippen LogP contribution in [0.4, 0.5) is 30.6 Å². The molecule has 3 aliphatic heterocycles. The molecule has 0 aromatic carbocycles. The minimum Gasteiger partial charge on any atom is -0.386 e. The summed E-state index contributed by atoms with van der Waals surface area (Å²) in [5.41, 5.74) is 3.49. The quantitative estimate of drug-likeness (QED) is 0.0325. The number of ether oxygens (including phenoxy) is 3. The number of alkyl halides is 3. The third-order valence-electron chi connectivity index (χ3n) is 12.1. The van der Waals surface area contributed by atoms with E-state index in [-0.39, 0.29) is 28.8 Å². The molecule has 3 fully saturated rings. The molecule has 0 saturated carbocycles. The van der Waals surface area contributed by atoms with Crippen LogP contribution in [0.3, 0.4) is 0 Å². The van der Waals surface area contributed by atoms with Gasteiger partial charge in [0.2, 0.25) is 23.2 Å². The molecule has 3 aromatic rings. The van der Waals surface area contributed by atoms with Gasteiger partial charge in [-0.05, 0) is 46.8 Å². The predicted octanol–water partition coefficient (Wildman–Crippen LogP) is -2.52. The number of hydrogen-bond donors (Lipinski definition) is 18. The number of phosphoric acid groups is 9. The number of aryl methyl sites for hydroxylation is 2. The van der Waals surface area contributed by atoms with Gasteiger partial charge < -0.3 is 105 Å². The Bertz CT molecular complexity index is 4110. The zero-order valence-corrected chi connectivity index (χ0v) is 57.0. The van der Waals surface area contributed by atoms with Crippen LogP contribution in [0.15, 0.2) is 32.7 Å². The van der Waals surface area contributed by atoms with Crippen LogP contribution < -0.4 is 34.3 Å². The van der Waals surface area contributed by atoms with Crippen LogP contribution in [-0.4, -0.2) is 180 Å². The Morgan fingerprint density at radius 1 is 0.469 bits per heavy atom. The first-order chi connectivity index (χ1) is 44.0. The van der Waals surface area contributed by atoms with E-state index in [2.05, 4.69) is 59.5 Å². The number of aliphatic hydroxyl groups is 3. The monoisotopic (exact) mass is 1600 g/mol. The van der Waals surface area contributed by atoms with E-state index in [0.717, 1.165) is 27.0 Å². The van der Waals surface area contributed by atoms with Crippen LogP contribution >= 0.6 is 70.4 Å². The highest BCUT2D eigenvalue weighted by atomic mass is 31.3. The van der Waals surface area contributed by atoms with Crippen LogP contribution in [0.2, 0.25) is 0 Å². The maximum Gasteiger partial charge on any atom is 0.490 e. The van der Waals surface area contributed by atoms with Crippen LogP contribution in [0.5, 0.6) is 0 Å². The van der Waals surface area contributed by atoms with Gasteiger partial charge in [-0.3, -0.25) is 22.7 Å². The van der Waals surface area contributed by atoms with E-state index in [1.165, 1.54) is 26.0 Å². The average molecular weight is 1600 g/mol. The molecule has 0 radical (unpaired) electrons. The summed E-state index contributed by atoms with van der Waals surface area (Å²) >= 11 is 0. The Hall–Kier alpha value is -4.57. The molecule has 3 aliphatic rings. The van der Waals surface area contributed by atoms with E-state index in [1.807, 2.05) is 0 Å². The highest BCUT2D eigenvalue weighted by Crippen LogP contribution is 2.69. The molecule has 9 unspecified atom stereocenters. The topological polar surface area (TPSA) is 763 Å². The van der Waals surface area contributed by atoms with Gasteiger partial charge in [-0.25, -0.2) is 68.6 Å². The molecular weight excluding hydrogens is 1540 g/mol. The molecule has 6 heterocycles. The van der Waals surface area contributed by atoms with E-state index in [0.29, 0.717) is 13.8 Å². The molecule has 98 heavy (non-hydrogen) atoms. The van der Waals surface area contributed by atoms with Gasteiger partial charge >= 0.3 is 87.5 Å². The maximum atomic E-state index is 15.5. The number of rotatable bonds is 24. The lowest BCUT2D eigenvalue weighted by atomic mass is 9.95. The first kappa shape index (κ1) is 85.8. The van der Waals surface area contributed by atoms with Crippen molar-refractivity contribution in [1.82, 2.24) is 33.9 Å². The van der Waals surface area contributed by atoms with Crippen molar-refractivity contribution in [2.75, 3.05) is 17.2 Å². The minimum atomic E-state index is -5.83. The van der Waals surface area contributed by atoms with Gasteiger partial charge in [0.1, 0.15) is 54.1 Å². The van der Waals surface area contributed by atoms with E-state index in [9.17, 15) is 95.3 Å². The summed E-state index contributed by atoms with van der Waals surface area (Å²) in [6, 6.07) is 2.35. The van der Waals surface area contributed by atoms with Gasteiger partial charge in [-0.15, -0.1) is 19.3 Å². The molecule has 3 saturated heterocycles. The highest BCUT2D eigenvalue weighted by Gasteiger charge is 2.63. The third-order valence-corrected chi connectivity index (χ3v) is 23.9. The van der Waals surface area contributed by atoms with Gasteiger partial charge in [0.15, 0.2) is 12.5 Å². The fraction of sp³-hybridized carbons (Fsp3) is 0.541. The summed E-state index contributed by atoms with van der Waals surface area (Å²) in [6.45, 7) is 5.43. The van der Waals surface area contributed by atoms with Gasteiger partial charge in [0, 0.05) is 11.4 Å². The number of aliphatic hydroxyl groups excluding tert-OH is 3. The summed E-state index contributed by atoms with van der Waals surface area (Å²) in [6.07, 6.45) is -7.78. The van der Waals surface area contributed by atoms with E-state index in [1.54, 1.807) is 17.8 Å². The van der Waals surface area contributed by atoms with Gasteiger partial charge in [-0.1, -0.05) is 17.8 Å². The lowest BCUT2D eigenvalue weighted by Gasteiger charge is -2.25. The third kappa shape index (κ3) is 22.0. The number of halogens is 3.